The molecule has 9 rings (SSSR count). The Morgan fingerprint density at radius 3 is 1.92 bits per heavy atom. The summed E-state index contributed by atoms with van der Waals surface area (Å²) in [6.45, 7) is 22.5. The van der Waals surface area contributed by atoms with Gasteiger partial charge in [0.15, 0.2) is 0 Å². The first-order valence-corrected chi connectivity index (χ1v) is 21.5. The maximum atomic E-state index is 6.93. The first-order chi connectivity index (χ1) is 29.1. The van der Waals surface area contributed by atoms with E-state index in [0.717, 1.165) is 50.7 Å². The van der Waals surface area contributed by atoms with Gasteiger partial charge in [-0.05, 0) is 142 Å². The third-order valence-electron chi connectivity index (χ3n) is 13.1. The van der Waals surface area contributed by atoms with E-state index in [1.807, 2.05) is 6.20 Å². The maximum Gasteiger partial charge on any atom is 0.137 e. The fourth-order valence-corrected chi connectivity index (χ4v) is 9.69. The fraction of sp³-hybridized carbons (Fsp3) is 0.250. The molecule has 0 spiro atoms. The number of anilines is 1. The molecule has 5 nitrogen and oxygen atoms in total. The lowest BCUT2D eigenvalue weighted by atomic mass is 9.67. The summed E-state index contributed by atoms with van der Waals surface area (Å²) in [5.41, 5.74) is 11.8. The summed E-state index contributed by atoms with van der Waals surface area (Å²) in [5.74, 6) is 3.34. The molecule has 1 aliphatic rings. The highest BCUT2D eigenvalue weighted by Gasteiger charge is 2.57. The van der Waals surface area contributed by atoms with Crippen LogP contribution in [0, 0.1) is 27.7 Å². The smallest absolute Gasteiger partial charge is 0.137 e. The first-order valence-electron chi connectivity index (χ1n) is 21.5. The largest absolute Gasteiger partial charge is 0.457 e. The molecule has 8 aromatic rings. The van der Waals surface area contributed by atoms with Gasteiger partial charge in [0, 0.05) is 40.2 Å². The summed E-state index contributed by atoms with van der Waals surface area (Å²) in [6.07, 6.45) is 1.93. The second-order valence-corrected chi connectivity index (χ2v) is 18.8. The molecule has 0 fully saturated rings. The van der Waals surface area contributed by atoms with Crippen molar-refractivity contribution in [3.05, 3.63) is 196 Å². The minimum absolute atomic E-state index is 0.0159. The number of fused-ring (bicyclic) bond motifs is 3. The van der Waals surface area contributed by atoms with Gasteiger partial charge in [-0.25, -0.2) is 4.98 Å². The Balaban J connectivity index is 1.20. The van der Waals surface area contributed by atoms with Crippen LogP contribution in [-0.4, -0.2) is 26.5 Å². The fourth-order valence-electron chi connectivity index (χ4n) is 9.69. The van der Waals surface area contributed by atoms with Crippen molar-refractivity contribution in [3.8, 4) is 17.3 Å². The molecule has 0 N–H and O–H groups in total. The lowest BCUT2D eigenvalue weighted by molar-refractivity contribution is 0.279. The van der Waals surface area contributed by atoms with E-state index >= 15 is 0 Å². The van der Waals surface area contributed by atoms with E-state index in [2.05, 4.69) is 224 Å². The van der Waals surface area contributed by atoms with Crippen LogP contribution in [0.1, 0.15) is 92.0 Å². The van der Waals surface area contributed by atoms with Crippen LogP contribution in [0.2, 0.25) is 0 Å². The molecule has 306 valence electrons. The molecule has 1 atom stereocenters. The van der Waals surface area contributed by atoms with Gasteiger partial charge in [-0.3, -0.25) is 9.56 Å². The number of hydrogen-bond donors (Lipinski definition) is 0. The monoisotopic (exact) mass is 800 g/mol. The number of pyridine rings is 1. The molecule has 0 saturated heterocycles. The lowest BCUT2D eigenvalue weighted by Gasteiger charge is -2.48. The molecule has 61 heavy (non-hydrogen) atoms. The van der Waals surface area contributed by atoms with Crippen LogP contribution in [0.4, 0.5) is 5.69 Å². The van der Waals surface area contributed by atoms with Crippen LogP contribution in [0.25, 0.3) is 27.6 Å². The average molecular weight is 801 g/mol. The van der Waals surface area contributed by atoms with E-state index in [0.29, 0.717) is 0 Å². The molecule has 2 aromatic heterocycles. The Morgan fingerprint density at radius 1 is 0.590 bits per heavy atom. The maximum absolute atomic E-state index is 6.93. The summed E-state index contributed by atoms with van der Waals surface area (Å²) in [5, 5.41) is 2.36. The molecule has 0 saturated carbocycles. The molecule has 0 bridgehead atoms. The SMILES string of the molecule is Cc1cc(Oc2ccc3c4cc(C)ccc4n(-c4cc(C(C)(C)C)ccn4)c3c2)cc(C2=N[C@](C)(C(c3ccccc3)c3ccccc3)C(C)(C)N2c2c(C)cccc2C)c1. The molecule has 0 amide bonds. The van der Waals surface area contributed by atoms with Crippen molar-refractivity contribution in [3.63, 3.8) is 0 Å². The number of benzene rings is 6. The predicted molar refractivity (Wildman–Crippen MR) is 255 cm³/mol. The minimum Gasteiger partial charge on any atom is -0.457 e. The van der Waals surface area contributed by atoms with Crippen LogP contribution < -0.4 is 9.64 Å². The van der Waals surface area contributed by atoms with Crippen molar-refractivity contribution >= 4 is 33.3 Å². The highest BCUT2D eigenvalue weighted by atomic mass is 16.5. The number of hydrogen-bond acceptors (Lipinski definition) is 4. The Hall–Kier alpha value is -6.46. The van der Waals surface area contributed by atoms with Crippen LogP contribution in [0.15, 0.2) is 157 Å². The number of aryl methyl sites for hydroxylation is 4. The zero-order valence-electron chi connectivity index (χ0n) is 37.2. The number of rotatable bonds is 8. The Labute approximate surface area is 361 Å². The van der Waals surface area contributed by atoms with E-state index in [4.69, 9.17) is 14.7 Å². The molecule has 0 unspecified atom stereocenters. The van der Waals surface area contributed by atoms with Crippen molar-refractivity contribution in [1.82, 2.24) is 9.55 Å². The zero-order valence-corrected chi connectivity index (χ0v) is 37.2. The van der Waals surface area contributed by atoms with Gasteiger partial charge < -0.3 is 9.64 Å². The van der Waals surface area contributed by atoms with Gasteiger partial charge in [0.25, 0.3) is 0 Å². The van der Waals surface area contributed by atoms with E-state index < -0.39 is 11.1 Å². The van der Waals surface area contributed by atoms with Crippen LogP contribution in [-0.2, 0) is 5.41 Å². The van der Waals surface area contributed by atoms with Crippen LogP contribution in [0.3, 0.4) is 0 Å². The van der Waals surface area contributed by atoms with Crippen molar-refractivity contribution in [2.45, 2.75) is 91.6 Å². The van der Waals surface area contributed by atoms with E-state index in [1.54, 1.807) is 0 Å². The highest BCUT2D eigenvalue weighted by Crippen LogP contribution is 2.53. The van der Waals surface area contributed by atoms with Gasteiger partial charge in [0.05, 0.1) is 22.1 Å². The van der Waals surface area contributed by atoms with E-state index in [1.165, 1.54) is 44.5 Å². The van der Waals surface area contributed by atoms with Gasteiger partial charge in [-0.1, -0.05) is 111 Å². The first kappa shape index (κ1) is 40.0. The third kappa shape index (κ3) is 6.90. The van der Waals surface area contributed by atoms with Crippen molar-refractivity contribution < 1.29 is 4.74 Å². The zero-order chi connectivity index (χ0) is 42.8. The van der Waals surface area contributed by atoms with Gasteiger partial charge in [-0.15, -0.1) is 0 Å². The molecule has 0 radical (unpaired) electrons. The van der Waals surface area contributed by atoms with Crippen LogP contribution in [0.5, 0.6) is 11.5 Å². The summed E-state index contributed by atoms with van der Waals surface area (Å²) < 4.78 is 9.21. The second kappa shape index (κ2) is 14.9. The van der Waals surface area contributed by atoms with Crippen molar-refractivity contribution in [2.24, 2.45) is 4.99 Å². The highest BCUT2D eigenvalue weighted by molar-refractivity contribution is 6.14. The van der Waals surface area contributed by atoms with Gasteiger partial charge >= 0.3 is 0 Å². The Morgan fingerprint density at radius 2 is 1.26 bits per heavy atom. The van der Waals surface area contributed by atoms with Crippen molar-refractivity contribution in [2.75, 3.05) is 4.90 Å². The molecule has 1 aliphatic heterocycles. The Kier molecular flexibility index (Phi) is 9.77. The lowest BCUT2D eigenvalue weighted by Crippen LogP contribution is -2.57. The molecule has 0 aliphatic carbocycles. The molecule has 5 heteroatoms. The summed E-state index contributed by atoms with van der Waals surface area (Å²) in [6, 6.07) is 52.4. The number of aromatic nitrogens is 2. The normalized spacial score (nSPS) is 16.4. The molecular formula is C56H56N4O. The second-order valence-electron chi connectivity index (χ2n) is 18.8. The standard InChI is InChI=1S/C56H56N4O/c1-36-24-27-48-47(32-36)46-26-25-44(35-49(46)59(48)50-34-43(28-29-57-50)54(5,6)7)61-45-31-37(2)30-42(33-45)53-58-56(10,55(8,9)60(53)52-38(3)18-17-19-39(52)4)51(40-20-13-11-14-21-40)41-22-15-12-16-23-41/h11-35,51H,1-10H3/t56-/m1/s1. The number of nitrogens with zero attached hydrogens (tertiary/aromatic N) is 4. The quantitative estimate of drug-likeness (QED) is 0.154. The topological polar surface area (TPSA) is 42.6 Å². The molecule has 3 heterocycles. The number of para-hydroxylation sites is 1. The summed E-state index contributed by atoms with van der Waals surface area (Å²) in [4.78, 5) is 13.4. The summed E-state index contributed by atoms with van der Waals surface area (Å²) >= 11 is 0. The van der Waals surface area contributed by atoms with Gasteiger partial charge in [0.2, 0.25) is 0 Å². The predicted octanol–water partition coefficient (Wildman–Crippen LogP) is 14.1. The van der Waals surface area contributed by atoms with Crippen LogP contribution >= 0.6 is 0 Å². The summed E-state index contributed by atoms with van der Waals surface area (Å²) in [7, 11) is 0. The number of aliphatic imine (C=N–C) groups is 1. The van der Waals surface area contributed by atoms with E-state index in [-0.39, 0.29) is 11.3 Å². The molecule has 6 aromatic carbocycles. The number of ether oxygens (including phenoxy) is 1. The molecular weight excluding hydrogens is 745 g/mol. The third-order valence-corrected chi connectivity index (χ3v) is 13.1. The number of amidine groups is 1. The minimum atomic E-state index is -0.584. The van der Waals surface area contributed by atoms with Gasteiger partial charge in [0.1, 0.15) is 23.2 Å². The van der Waals surface area contributed by atoms with Gasteiger partial charge in [-0.2, -0.15) is 0 Å². The average Bonchev–Trinajstić information content (AvgIpc) is 3.65. The Bertz CT molecular complexity index is 2910. The van der Waals surface area contributed by atoms with Crippen molar-refractivity contribution in [1.29, 1.82) is 0 Å². The van der Waals surface area contributed by atoms with E-state index in [9.17, 15) is 0 Å².